The van der Waals surface area contributed by atoms with Crippen molar-refractivity contribution in [1.82, 2.24) is 4.90 Å². The van der Waals surface area contributed by atoms with Crippen LogP contribution in [0.1, 0.15) is 46.0 Å². The first-order valence-electron chi connectivity index (χ1n) is 5.77. The average molecular weight is 184 g/mol. The Morgan fingerprint density at radius 3 is 2.31 bits per heavy atom. The number of likely N-dealkylation sites (tertiary alicyclic amines) is 1. The average Bonchev–Trinajstić information content (AvgIpc) is 2.51. The van der Waals surface area contributed by atoms with E-state index < -0.39 is 0 Å². The van der Waals surface area contributed by atoms with E-state index in [1.165, 1.54) is 38.6 Å². The van der Waals surface area contributed by atoms with Gasteiger partial charge in [0.25, 0.3) is 0 Å². The van der Waals surface area contributed by atoms with Crippen molar-refractivity contribution < 1.29 is 0 Å². The van der Waals surface area contributed by atoms with Gasteiger partial charge in [-0.05, 0) is 19.3 Å². The van der Waals surface area contributed by atoms with Crippen LogP contribution in [0, 0.1) is 0 Å². The van der Waals surface area contributed by atoms with Gasteiger partial charge in [0.1, 0.15) is 0 Å². The molecule has 2 N–H and O–H groups in total. The zero-order chi connectivity index (χ0) is 9.68. The predicted molar refractivity (Wildman–Crippen MR) is 57.8 cm³/mol. The van der Waals surface area contributed by atoms with Gasteiger partial charge in [0.15, 0.2) is 0 Å². The molecule has 0 amide bonds. The molecule has 0 aromatic carbocycles. The number of nitrogens with two attached hydrogens (primary N) is 1. The number of nitrogens with zero attached hydrogens (tertiary/aromatic N) is 1. The molecule has 2 nitrogen and oxygen atoms in total. The Hall–Kier alpha value is -0.0800. The fourth-order valence-electron chi connectivity index (χ4n) is 2.32. The highest BCUT2D eigenvalue weighted by atomic mass is 15.2. The van der Waals surface area contributed by atoms with E-state index in [1.807, 2.05) is 0 Å². The Labute approximate surface area is 82.5 Å². The Bertz CT molecular complexity index is 130. The van der Waals surface area contributed by atoms with Gasteiger partial charge in [-0.1, -0.05) is 26.7 Å². The summed E-state index contributed by atoms with van der Waals surface area (Å²) in [5.41, 5.74) is 5.91. The maximum Gasteiger partial charge on any atom is 0.0180 e. The molecule has 1 fully saturated rings. The van der Waals surface area contributed by atoms with Gasteiger partial charge in [0.2, 0.25) is 0 Å². The van der Waals surface area contributed by atoms with E-state index >= 15 is 0 Å². The summed E-state index contributed by atoms with van der Waals surface area (Å²) >= 11 is 0. The van der Waals surface area contributed by atoms with E-state index in [4.69, 9.17) is 5.73 Å². The van der Waals surface area contributed by atoms with E-state index in [0.717, 1.165) is 12.6 Å². The molecule has 78 valence electrons. The predicted octanol–water partition coefficient (Wildman–Crippen LogP) is 1.99. The first kappa shape index (κ1) is 11.0. The first-order chi connectivity index (χ1) is 6.27. The van der Waals surface area contributed by atoms with Gasteiger partial charge in [-0.25, -0.2) is 0 Å². The summed E-state index contributed by atoms with van der Waals surface area (Å²) in [6.07, 6.45) is 6.50. The summed E-state index contributed by atoms with van der Waals surface area (Å²) in [6, 6.07) is 1.25. The third-order valence-electron chi connectivity index (χ3n) is 3.02. The molecule has 0 aromatic rings. The molecule has 1 unspecified atom stereocenters. The molecular formula is C11H24N2. The van der Waals surface area contributed by atoms with Gasteiger partial charge < -0.3 is 5.73 Å². The fourth-order valence-corrected chi connectivity index (χ4v) is 2.32. The molecule has 0 saturated carbocycles. The topological polar surface area (TPSA) is 29.3 Å². The smallest absolute Gasteiger partial charge is 0.0180 e. The Kier molecular flexibility index (Phi) is 4.74. The van der Waals surface area contributed by atoms with Gasteiger partial charge in [-0.2, -0.15) is 0 Å². The van der Waals surface area contributed by atoms with Crippen LogP contribution >= 0.6 is 0 Å². The van der Waals surface area contributed by atoms with Gasteiger partial charge in [-0.3, -0.25) is 4.90 Å². The standard InChI is InChI=1S/C11H24N2/c1-3-5-11(6-4-2)13-8-7-10(12)9-13/h10-11H,3-9,12H2,1-2H3. The fraction of sp³-hybridized carbons (Fsp3) is 1.00. The minimum Gasteiger partial charge on any atom is -0.326 e. The van der Waals surface area contributed by atoms with Gasteiger partial charge >= 0.3 is 0 Å². The molecule has 0 bridgehead atoms. The number of hydrogen-bond donors (Lipinski definition) is 1. The van der Waals surface area contributed by atoms with Crippen LogP contribution in [0.2, 0.25) is 0 Å². The molecule has 1 atom stereocenters. The third-order valence-corrected chi connectivity index (χ3v) is 3.02. The van der Waals surface area contributed by atoms with Crippen molar-refractivity contribution in [3.05, 3.63) is 0 Å². The molecule has 0 spiro atoms. The van der Waals surface area contributed by atoms with Crippen LogP contribution in [0.25, 0.3) is 0 Å². The maximum atomic E-state index is 5.91. The highest BCUT2D eigenvalue weighted by Crippen LogP contribution is 2.18. The molecule has 0 radical (unpaired) electrons. The molecule has 1 heterocycles. The van der Waals surface area contributed by atoms with Crippen molar-refractivity contribution in [3.63, 3.8) is 0 Å². The van der Waals surface area contributed by atoms with E-state index in [-0.39, 0.29) is 0 Å². The van der Waals surface area contributed by atoms with Crippen LogP contribution in [0.15, 0.2) is 0 Å². The van der Waals surface area contributed by atoms with E-state index in [1.54, 1.807) is 0 Å². The lowest BCUT2D eigenvalue weighted by Crippen LogP contribution is -2.35. The summed E-state index contributed by atoms with van der Waals surface area (Å²) in [5.74, 6) is 0. The van der Waals surface area contributed by atoms with E-state index in [0.29, 0.717) is 6.04 Å². The van der Waals surface area contributed by atoms with Gasteiger partial charge in [0.05, 0.1) is 0 Å². The number of hydrogen-bond acceptors (Lipinski definition) is 2. The van der Waals surface area contributed by atoms with Gasteiger partial charge in [0, 0.05) is 25.2 Å². The quantitative estimate of drug-likeness (QED) is 0.708. The zero-order valence-corrected chi connectivity index (χ0v) is 9.13. The van der Waals surface area contributed by atoms with Crippen LogP contribution < -0.4 is 5.73 Å². The van der Waals surface area contributed by atoms with Gasteiger partial charge in [-0.15, -0.1) is 0 Å². The molecule has 2 heteroatoms. The molecule has 1 saturated heterocycles. The van der Waals surface area contributed by atoms with Crippen molar-refractivity contribution >= 4 is 0 Å². The van der Waals surface area contributed by atoms with E-state index in [9.17, 15) is 0 Å². The highest BCUT2D eigenvalue weighted by Gasteiger charge is 2.24. The van der Waals surface area contributed by atoms with Crippen LogP contribution in [0.4, 0.5) is 0 Å². The SMILES string of the molecule is CCCC(CCC)N1CCC(N)C1. The monoisotopic (exact) mass is 184 g/mol. The molecule has 0 aromatic heterocycles. The molecule has 13 heavy (non-hydrogen) atoms. The van der Waals surface area contributed by atoms with Crippen LogP contribution in [0.3, 0.4) is 0 Å². The van der Waals surface area contributed by atoms with Crippen LogP contribution in [-0.2, 0) is 0 Å². The normalized spacial score (nSPS) is 24.5. The van der Waals surface area contributed by atoms with Crippen molar-refractivity contribution in [2.75, 3.05) is 13.1 Å². The lowest BCUT2D eigenvalue weighted by Gasteiger charge is -2.27. The third kappa shape index (κ3) is 3.28. The molecule has 1 rings (SSSR count). The minimum atomic E-state index is 0.441. The second-order valence-corrected chi connectivity index (χ2v) is 4.27. The molecule has 1 aliphatic heterocycles. The lowest BCUT2D eigenvalue weighted by atomic mass is 10.1. The maximum absolute atomic E-state index is 5.91. The Morgan fingerprint density at radius 1 is 1.31 bits per heavy atom. The van der Waals surface area contributed by atoms with Crippen LogP contribution in [0.5, 0.6) is 0 Å². The van der Waals surface area contributed by atoms with Crippen molar-refractivity contribution in [2.45, 2.75) is 58.0 Å². The minimum absolute atomic E-state index is 0.441. The Balaban J connectivity index is 2.35. The number of rotatable bonds is 5. The molecule has 1 aliphatic rings. The zero-order valence-electron chi connectivity index (χ0n) is 9.13. The lowest BCUT2D eigenvalue weighted by molar-refractivity contribution is 0.214. The molecular weight excluding hydrogens is 160 g/mol. The first-order valence-corrected chi connectivity index (χ1v) is 5.77. The van der Waals surface area contributed by atoms with E-state index in [2.05, 4.69) is 18.7 Å². The second kappa shape index (κ2) is 5.61. The van der Waals surface area contributed by atoms with Crippen LogP contribution in [-0.4, -0.2) is 30.1 Å². The summed E-state index contributed by atoms with van der Waals surface area (Å²) in [5, 5.41) is 0. The second-order valence-electron chi connectivity index (χ2n) is 4.27. The summed E-state index contributed by atoms with van der Waals surface area (Å²) in [6.45, 7) is 6.91. The summed E-state index contributed by atoms with van der Waals surface area (Å²) < 4.78 is 0. The summed E-state index contributed by atoms with van der Waals surface area (Å²) in [4.78, 5) is 2.59. The van der Waals surface area contributed by atoms with Crippen molar-refractivity contribution in [1.29, 1.82) is 0 Å². The highest BCUT2D eigenvalue weighted by molar-refractivity contribution is 4.82. The Morgan fingerprint density at radius 2 is 1.92 bits per heavy atom. The molecule has 0 aliphatic carbocycles. The van der Waals surface area contributed by atoms with Crippen molar-refractivity contribution in [3.8, 4) is 0 Å². The largest absolute Gasteiger partial charge is 0.326 e. The van der Waals surface area contributed by atoms with Crippen molar-refractivity contribution in [2.24, 2.45) is 5.73 Å². The summed E-state index contributed by atoms with van der Waals surface area (Å²) in [7, 11) is 0.